The van der Waals surface area contributed by atoms with Gasteiger partial charge >= 0.3 is 6.03 Å². The molecule has 0 radical (unpaired) electrons. The number of urea groups is 1. The summed E-state index contributed by atoms with van der Waals surface area (Å²) >= 11 is 0. The van der Waals surface area contributed by atoms with E-state index < -0.39 is 0 Å². The van der Waals surface area contributed by atoms with Crippen LogP contribution in [0.5, 0.6) is 0 Å². The standard InChI is InChI=1S/C21H24N4O2/c1-12(2)22-21(27)25-17-8-6-5-7-16(17)24-20(26)19-11-15-14(4)9-13(3)10-18(15)23-19/h5-12,23H,1-4H3,(H,24,26)(H2,22,25,27). The molecule has 0 saturated carbocycles. The van der Waals surface area contributed by atoms with Crippen molar-refractivity contribution in [1.82, 2.24) is 10.3 Å². The number of carbonyl (C=O) groups is 2. The normalized spacial score (nSPS) is 10.9. The number of para-hydroxylation sites is 2. The fraction of sp³-hybridized carbons (Fsp3) is 0.238. The number of anilines is 2. The van der Waals surface area contributed by atoms with E-state index in [0.717, 1.165) is 22.0 Å². The van der Waals surface area contributed by atoms with Crippen LogP contribution in [0.15, 0.2) is 42.5 Å². The van der Waals surface area contributed by atoms with E-state index in [9.17, 15) is 9.59 Å². The molecule has 1 aromatic heterocycles. The number of rotatable bonds is 4. The summed E-state index contributed by atoms with van der Waals surface area (Å²) in [6.07, 6.45) is 0. The molecule has 6 heteroatoms. The Morgan fingerprint density at radius 1 is 0.963 bits per heavy atom. The summed E-state index contributed by atoms with van der Waals surface area (Å²) in [4.78, 5) is 27.9. The summed E-state index contributed by atoms with van der Waals surface area (Å²) in [5, 5.41) is 9.42. The first-order valence-corrected chi connectivity index (χ1v) is 8.91. The van der Waals surface area contributed by atoms with Gasteiger partial charge in [-0.25, -0.2) is 4.79 Å². The van der Waals surface area contributed by atoms with Crippen LogP contribution in [0.2, 0.25) is 0 Å². The molecule has 27 heavy (non-hydrogen) atoms. The van der Waals surface area contributed by atoms with Gasteiger partial charge in [-0.05, 0) is 63.1 Å². The monoisotopic (exact) mass is 364 g/mol. The average molecular weight is 364 g/mol. The third kappa shape index (κ3) is 4.28. The molecule has 0 spiro atoms. The quantitative estimate of drug-likeness (QED) is 0.547. The summed E-state index contributed by atoms with van der Waals surface area (Å²) < 4.78 is 0. The number of aromatic nitrogens is 1. The van der Waals surface area contributed by atoms with E-state index >= 15 is 0 Å². The highest BCUT2D eigenvalue weighted by molar-refractivity contribution is 6.08. The van der Waals surface area contributed by atoms with Gasteiger partial charge in [0, 0.05) is 16.9 Å². The third-order valence-electron chi connectivity index (χ3n) is 4.18. The second-order valence-electron chi connectivity index (χ2n) is 6.98. The largest absolute Gasteiger partial charge is 0.351 e. The van der Waals surface area contributed by atoms with Gasteiger partial charge in [0.05, 0.1) is 11.4 Å². The molecule has 2 aromatic carbocycles. The number of hydrogen-bond donors (Lipinski definition) is 4. The molecule has 6 nitrogen and oxygen atoms in total. The molecule has 3 amide bonds. The fourth-order valence-corrected chi connectivity index (χ4v) is 3.03. The number of amides is 3. The molecule has 1 heterocycles. The number of H-pyrrole nitrogens is 1. The highest BCUT2D eigenvalue weighted by Gasteiger charge is 2.14. The molecule has 0 aliphatic rings. The van der Waals surface area contributed by atoms with Gasteiger partial charge in [0.15, 0.2) is 0 Å². The highest BCUT2D eigenvalue weighted by Crippen LogP contribution is 2.24. The second kappa shape index (κ2) is 7.53. The van der Waals surface area contributed by atoms with Crippen LogP contribution < -0.4 is 16.0 Å². The lowest BCUT2D eigenvalue weighted by molar-refractivity contribution is 0.102. The zero-order valence-corrected chi connectivity index (χ0v) is 15.9. The van der Waals surface area contributed by atoms with Crippen molar-refractivity contribution in [3.8, 4) is 0 Å². The summed E-state index contributed by atoms with van der Waals surface area (Å²) in [7, 11) is 0. The number of fused-ring (bicyclic) bond motifs is 1. The van der Waals surface area contributed by atoms with Gasteiger partial charge in [-0.2, -0.15) is 0 Å². The van der Waals surface area contributed by atoms with Crippen molar-refractivity contribution in [2.45, 2.75) is 33.7 Å². The lowest BCUT2D eigenvalue weighted by Crippen LogP contribution is -2.34. The Bertz CT molecular complexity index is 1000. The first-order chi connectivity index (χ1) is 12.8. The van der Waals surface area contributed by atoms with Gasteiger partial charge in [0.25, 0.3) is 5.91 Å². The Hall–Kier alpha value is -3.28. The average Bonchev–Trinajstić information content (AvgIpc) is 3.00. The van der Waals surface area contributed by atoms with Gasteiger partial charge in [0.2, 0.25) is 0 Å². The minimum Gasteiger partial charge on any atom is -0.351 e. The van der Waals surface area contributed by atoms with Crippen molar-refractivity contribution < 1.29 is 9.59 Å². The van der Waals surface area contributed by atoms with Crippen molar-refractivity contribution in [2.24, 2.45) is 0 Å². The van der Waals surface area contributed by atoms with Gasteiger partial charge in [-0.15, -0.1) is 0 Å². The Balaban J connectivity index is 1.82. The fourth-order valence-electron chi connectivity index (χ4n) is 3.03. The van der Waals surface area contributed by atoms with Crippen LogP contribution in [-0.4, -0.2) is 23.0 Å². The number of benzene rings is 2. The van der Waals surface area contributed by atoms with Crippen molar-refractivity contribution in [1.29, 1.82) is 0 Å². The maximum Gasteiger partial charge on any atom is 0.319 e. The van der Waals surface area contributed by atoms with Crippen LogP contribution in [0.3, 0.4) is 0 Å². The number of nitrogens with one attached hydrogen (secondary N) is 4. The molecule has 0 aliphatic carbocycles. The molecule has 3 rings (SSSR count). The highest BCUT2D eigenvalue weighted by atomic mass is 16.2. The van der Waals surface area contributed by atoms with Crippen molar-refractivity contribution in [3.63, 3.8) is 0 Å². The lowest BCUT2D eigenvalue weighted by atomic mass is 10.1. The Morgan fingerprint density at radius 3 is 2.30 bits per heavy atom. The van der Waals surface area contributed by atoms with Crippen LogP contribution in [0.1, 0.15) is 35.5 Å². The first kappa shape index (κ1) is 18.5. The van der Waals surface area contributed by atoms with Gasteiger partial charge in [0.1, 0.15) is 5.69 Å². The lowest BCUT2D eigenvalue weighted by Gasteiger charge is -2.14. The summed E-state index contributed by atoms with van der Waals surface area (Å²) in [5.74, 6) is -0.262. The van der Waals surface area contributed by atoms with Crippen molar-refractivity contribution >= 4 is 34.2 Å². The Morgan fingerprint density at radius 2 is 1.63 bits per heavy atom. The zero-order chi connectivity index (χ0) is 19.6. The summed E-state index contributed by atoms with van der Waals surface area (Å²) in [5.41, 5.74) is 4.73. The van der Waals surface area contributed by atoms with Crippen LogP contribution in [-0.2, 0) is 0 Å². The molecule has 0 atom stereocenters. The van der Waals surface area contributed by atoms with E-state index in [1.807, 2.05) is 39.8 Å². The molecule has 4 N–H and O–H groups in total. The predicted molar refractivity (Wildman–Crippen MR) is 109 cm³/mol. The summed E-state index contributed by atoms with van der Waals surface area (Å²) in [6.45, 7) is 7.81. The van der Waals surface area contributed by atoms with Crippen LogP contribution in [0.25, 0.3) is 10.9 Å². The maximum atomic E-state index is 12.7. The number of aryl methyl sites for hydroxylation is 2. The SMILES string of the molecule is Cc1cc(C)c2cc(C(=O)Nc3ccccc3NC(=O)NC(C)C)[nH]c2c1. The Kier molecular flexibility index (Phi) is 5.16. The smallest absolute Gasteiger partial charge is 0.319 e. The van der Waals surface area contributed by atoms with E-state index in [-0.39, 0.29) is 18.0 Å². The minimum absolute atomic E-state index is 0.0183. The molecule has 0 fully saturated rings. The second-order valence-corrected chi connectivity index (χ2v) is 6.98. The first-order valence-electron chi connectivity index (χ1n) is 8.91. The number of aromatic amines is 1. The van der Waals surface area contributed by atoms with E-state index in [0.29, 0.717) is 17.1 Å². The Labute approximate surface area is 158 Å². The third-order valence-corrected chi connectivity index (χ3v) is 4.18. The number of carbonyl (C=O) groups excluding carboxylic acids is 2. The molecule has 140 valence electrons. The molecule has 0 aliphatic heterocycles. The topological polar surface area (TPSA) is 86.0 Å². The van der Waals surface area contributed by atoms with E-state index in [1.165, 1.54) is 0 Å². The van der Waals surface area contributed by atoms with Gasteiger partial charge in [-0.1, -0.05) is 18.2 Å². The van der Waals surface area contributed by atoms with Crippen molar-refractivity contribution in [2.75, 3.05) is 10.6 Å². The molecule has 0 bridgehead atoms. The minimum atomic E-state index is -0.316. The predicted octanol–water partition coefficient (Wildman–Crippen LogP) is 4.57. The molecule has 0 unspecified atom stereocenters. The van der Waals surface area contributed by atoms with E-state index in [2.05, 4.69) is 27.0 Å². The molecule has 0 saturated heterocycles. The van der Waals surface area contributed by atoms with Crippen molar-refractivity contribution in [3.05, 3.63) is 59.3 Å². The van der Waals surface area contributed by atoms with Crippen LogP contribution >= 0.6 is 0 Å². The zero-order valence-electron chi connectivity index (χ0n) is 15.9. The summed E-state index contributed by atoms with van der Waals surface area (Å²) in [6, 6.07) is 12.8. The molecular formula is C21H24N4O2. The van der Waals surface area contributed by atoms with Gasteiger partial charge in [-0.3, -0.25) is 4.79 Å². The van der Waals surface area contributed by atoms with Crippen LogP contribution in [0.4, 0.5) is 16.2 Å². The van der Waals surface area contributed by atoms with E-state index in [1.54, 1.807) is 24.3 Å². The molecular weight excluding hydrogens is 340 g/mol. The van der Waals surface area contributed by atoms with E-state index in [4.69, 9.17) is 0 Å². The van der Waals surface area contributed by atoms with Crippen LogP contribution in [0, 0.1) is 13.8 Å². The molecule has 3 aromatic rings. The maximum absolute atomic E-state index is 12.7. The van der Waals surface area contributed by atoms with Gasteiger partial charge < -0.3 is 20.9 Å². The number of hydrogen-bond acceptors (Lipinski definition) is 2.